The summed E-state index contributed by atoms with van der Waals surface area (Å²) in [5.41, 5.74) is 3.77. The molecular formula is C33H49F. The van der Waals surface area contributed by atoms with E-state index in [9.17, 15) is 4.39 Å². The van der Waals surface area contributed by atoms with Crippen molar-refractivity contribution in [1.29, 1.82) is 0 Å². The Kier molecular flexibility index (Phi) is 6.80. The van der Waals surface area contributed by atoms with Gasteiger partial charge in [-0.2, -0.15) is 0 Å². The monoisotopic (exact) mass is 464 g/mol. The van der Waals surface area contributed by atoms with E-state index >= 15 is 0 Å². The molecule has 0 spiro atoms. The zero-order chi connectivity index (χ0) is 24.1. The first-order valence-electron chi connectivity index (χ1n) is 14.7. The van der Waals surface area contributed by atoms with Crippen molar-refractivity contribution < 1.29 is 4.39 Å². The first kappa shape index (κ1) is 24.6. The van der Waals surface area contributed by atoms with Crippen LogP contribution in [-0.4, -0.2) is 0 Å². The molecular weight excluding hydrogens is 415 g/mol. The normalized spacial score (nSPS) is 40.3. The van der Waals surface area contributed by atoms with E-state index in [4.69, 9.17) is 0 Å². The topological polar surface area (TPSA) is 0 Å². The van der Waals surface area contributed by atoms with Gasteiger partial charge in [-0.3, -0.25) is 0 Å². The Labute approximate surface area is 209 Å². The van der Waals surface area contributed by atoms with E-state index in [0.717, 1.165) is 41.4 Å². The lowest BCUT2D eigenvalue weighted by Crippen LogP contribution is -2.52. The first-order valence-corrected chi connectivity index (χ1v) is 14.7. The summed E-state index contributed by atoms with van der Waals surface area (Å²) in [5, 5.41) is 0. The maximum absolute atomic E-state index is 13.5. The average Bonchev–Trinajstić information content (AvgIpc) is 3.16. The fourth-order valence-corrected chi connectivity index (χ4v) is 9.80. The molecule has 0 nitrogen and oxygen atoms in total. The standard InChI is InChI=1S/C33H49F/c1-22(2)7-6-8-23(3)29-15-16-30-28-14-11-26-21-25(24-9-12-27(34)13-10-24)17-19-32(26,4)31(28)18-20-33(29,30)5/h9-10,12-13,17,22-23,26,28-31H,6-8,11,14-16,18-21H2,1-5H3/t23-,26+,28+,29-,30+,31+,32+,33-/m1/s1. The molecule has 1 heteroatoms. The Morgan fingerprint density at radius 1 is 0.882 bits per heavy atom. The van der Waals surface area contributed by atoms with E-state index in [1.807, 2.05) is 12.1 Å². The van der Waals surface area contributed by atoms with Crippen LogP contribution < -0.4 is 0 Å². The number of hydrogen-bond donors (Lipinski definition) is 0. The maximum Gasteiger partial charge on any atom is 0.123 e. The molecule has 0 heterocycles. The van der Waals surface area contributed by atoms with Crippen molar-refractivity contribution in [3.8, 4) is 0 Å². The molecule has 0 bridgehead atoms. The van der Waals surface area contributed by atoms with Crippen LogP contribution in [0.1, 0.15) is 111 Å². The summed E-state index contributed by atoms with van der Waals surface area (Å²) in [7, 11) is 0. The summed E-state index contributed by atoms with van der Waals surface area (Å²) in [6.07, 6.45) is 18.0. The van der Waals surface area contributed by atoms with Gasteiger partial charge in [-0.05, 0) is 127 Å². The second kappa shape index (κ2) is 9.40. The third-order valence-electron chi connectivity index (χ3n) is 11.7. The van der Waals surface area contributed by atoms with E-state index in [-0.39, 0.29) is 5.82 Å². The molecule has 1 aromatic rings. The van der Waals surface area contributed by atoms with Crippen LogP contribution in [-0.2, 0) is 0 Å². The number of rotatable bonds is 6. The zero-order valence-electron chi connectivity index (χ0n) is 22.6. The minimum absolute atomic E-state index is 0.125. The number of halogens is 1. The molecule has 0 N–H and O–H groups in total. The lowest BCUT2D eigenvalue weighted by atomic mass is 9.44. The van der Waals surface area contributed by atoms with Gasteiger partial charge in [0.2, 0.25) is 0 Å². The smallest absolute Gasteiger partial charge is 0.123 e. The summed E-state index contributed by atoms with van der Waals surface area (Å²) in [6.45, 7) is 12.7. The van der Waals surface area contributed by atoms with Gasteiger partial charge >= 0.3 is 0 Å². The second-order valence-corrected chi connectivity index (χ2v) is 13.8. The molecule has 4 aliphatic rings. The van der Waals surface area contributed by atoms with Crippen molar-refractivity contribution >= 4 is 5.57 Å². The van der Waals surface area contributed by atoms with Crippen LogP contribution in [0.4, 0.5) is 4.39 Å². The third-order valence-corrected chi connectivity index (χ3v) is 11.7. The highest BCUT2D eigenvalue weighted by molar-refractivity contribution is 5.66. The van der Waals surface area contributed by atoms with Crippen molar-refractivity contribution in [2.24, 2.45) is 52.3 Å². The Morgan fingerprint density at radius 2 is 1.62 bits per heavy atom. The lowest BCUT2D eigenvalue weighted by molar-refractivity contribution is -0.0999. The quantitative estimate of drug-likeness (QED) is 0.393. The highest BCUT2D eigenvalue weighted by Gasteiger charge is 2.60. The van der Waals surface area contributed by atoms with Gasteiger partial charge in [0.15, 0.2) is 0 Å². The highest BCUT2D eigenvalue weighted by atomic mass is 19.1. The van der Waals surface area contributed by atoms with Crippen LogP contribution in [0.15, 0.2) is 30.3 Å². The largest absolute Gasteiger partial charge is 0.207 e. The van der Waals surface area contributed by atoms with E-state index in [1.54, 1.807) is 12.1 Å². The predicted octanol–water partition coefficient (Wildman–Crippen LogP) is 9.94. The van der Waals surface area contributed by atoms with Crippen LogP contribution in [0.2, 0.25) is 0 Å². The Bertz CT molecular complexity index is 880. The molecule has 188 valence electrons. The lowest BCUT2D eigenvalue weighted by Gasteiger charge is -2.60. The fourth-order valence-electron chi connectivity index (χ4n) is 9.80. The van der Waals surface area contributed by atoms with E-state index in [2.05, 4.69) is 40.7 Å². The van der Waals surface area contributed by atoms with E-state index in [1.165, 1.54) is 81.8 Å². The molecule has 3 fully saturated rings. The molecule has 0 amide bonds. The average molecular weight is 465 g/mol. The van der Waals surface area contributed by atoms with E-state index in [0.29, 0.717) is 10.8 Å². The SMILES string of the molecule is CC(C)CCC[C@@H](C)[C@H]1CC[C@H]2[C@@H]3CC[C@H]4CC(c5ccc(F)cc5)=CC[C@]4(C)[C@H]3CC[C@]12C. The zero-order valence-corrected chi connectivity index (χ0v) is 22.6. The van der Waals surface area contributed by atoms with E-state index < -0.39 is 0 Å². The molecule has 3 saturated carbocycles. The Balaban J connectivity index is 1.30. The summed E-state index contributed by atoms with van der Waals surface area (Å²) < 4.78 is 13.5. The minimum atomic E-state index is -0.125. The molecule has 1 aromatic carbocycles. The van der Waals surface area contributed by atoms with Crippen LogP contribution in [0, 0.1) is 58.1 Å². The maximum atomic E-state index is 13.5. The van der Waals surface area contributed by atoms with Crippen LogP contribution in [0.5, 0.6) is 0 Å². The van der Waals surface area contributed by atoms with Crippen molar-refractivity contribution in [2.45, 2.75) is 105 Å². The number of fused-ring (bicyclic) bond motifs is 5. The van der Waals surface area contributed by atoms with Crippen molar-refractivity contribution in [3.05, 3.63) is 41.7 Å². The number of benzene rings is 1. The van der Waals surface area contributed by atoms with Gasteiger partial charge in [-0.1, -0.05) is 72.1 Å². The predicted molar refractivity (Wildman–Crippen MR) is 143 cm³/mol. The molecule has 34 heavy (non-hydrogen) atoms. The van der Waals surface area contributed by atoms with Gasteiger partial charge in [-0.25, -0.2) is 4.39 Å². The summed E-state index contributed by atoms with van der Waals surface area (Å²) >= 11 is 0. The number of allylic oxidation sites excluding steroid dienone is 2. The van der Waals surface area contributed by atoms with Gasteiger partial charge in [0.05, 0.1) is 0 Å². The van der Waals surface area contributed by atoms with Crippen molar-refractivity contribution in [2.75, 3.05) is 0 Å². The van der Waals surface area contributed by atoms with Gasteiger partial charge in [0, 0.05) is 0 Å². The van der Waals surface area contributed by atoms with Crippen LogP contribution in [0.3, 0.4) is 0 Å². The van der Waals surface area contributed by atoms with Gasteiger partial charge in [-0.15, -0.1) is 0 Å². The second-order valence-electron chi connectivity index (χ2n) is 13.8. The van der Waals surface area contributed by atoms with Gasteiger partial charge < -0.3 is 0 Å². The highest BCUT2D eigenvalue weighted by Crippen LogP contribution is 2.68. The summed E-state index contributed by atoms with van der Waals surface area (Å²) in [6, 6.07) is 7.23. The van der Waals surface area contributed by atoms with Gasteiger partial charge in [0.25, 0.3) is 0 Å². The van der Waals surface area contributed by atoms with Crippen molar-refractivity contribution in [3.63, 3.8) is 0 Å². The fraction of sp³-hybridized carbons (Fsp3) is 0.758. The first-order chi connectivity index (χ1) is 16.2. The van der Waals surface area contributed by atoms with Crippen LogP contribution >= 0.6 is 0 Å². The Morgan fingerprint density at radius 3 is 2.35 bits per heavy atom. The molecule has 0 saturated heterocycles. The number of hydrogen-bond acceptors (Lipinski definition) is 0. The minimum Gasteiger partial charge on any atom is -0.207 e. The van der Waals surface area contributed by atoms with Crippen molar-refractivity contribution in [1.82, 2.24) is 0 Å². The molecule has 5 rings (SSSR count). The molecule has 0 unspecified atom stereocenters. The Hall–Kier alpha value is -1.11. The van der Waals surface area contributed by atoms with Crippen LogP contribution in [0.25, 0.3) is 5.57 Å². The molecule has 4 aliphatic carbocycles. The molecule has 0 aromatic heterocycles. The molecule has 0 radical (unpaired) electrons. The third kappa shape index (κ3) is 4.22. The van der Waals surface area contributed by atoms with Gasteiger partial charge in [0.1, 0.15) is 5.82 Å². The summed E-state index contributed by atoms with van der Waals surface area (Å²) in [5.74, 6) is 6.19. The molecule has 8 atom stereocenters. The summed E-state index contributed by atoms with van der Waals surface area (Å²) in [4.78, 5) is 0. The molecule has 0 aliphatic heterocycles.